The van der Waals surface area contributed by atoms with Crippen LogP contribution in [0.25, 0.3) is 0 Å². The SMILES string of the molecule is OC(Cc1ccc(Cl)cc1F)c1cc(Cl)ccc1F. The molecule has 100 valence electrons. The van der Waals surface area contributed by atoms with Gasteiger partial charge < -0.3 is 5.11 Å². The zero-order valence-corrected chi connectivity index (χ0v) is 11.2. The summed E-state index contributed by atoms with van der Waals surface area (Å²) in [5, 5.41) is 10.6. The second-order valence-electron chi connectivity index (χ2n) is 4.12. The van der Waals surface area contributed by atoms with E-state index in [0.717, 1.165) is 6.07 Å². The molecule has 2 aromatic rings. The summed E-state index contributed by atoms with van der Waals surface area (Å²) in [7, 11) is 0. The molecule has 0 heterocycles. The van der Waals surface area contributed by atoms with Gasteiger partial charge in [-0.3, -0.25) is 0 Å². The van der Waals surface area contributed by atoms with Gasteiger partial charge in [-0.1, -0.05) is 29.3 Å². The highest BCUT2D eigenvalue weighted by Crippen LogP contribution is 2.26. The lowest BCUT2D eigenvalue weighted by molar-refractivity contribution is 0.172. The van der Waals surface area contributed by atoms with E-state index in [9.17, 15) is 13.9 Å². The van der Waals surface area contributed by atoms with E-state index in [1.165, 1.54) is 30.3 Å². The van der Waals surface area contributed by atoms with Gasteiger partial charge in [0.2, 0.25) is 0 Å². The second kappa shape index (κ2) is 5.87. The van der Waals surface area contributed by atoms with E-state index in [1.807, 2.05) is 0 Å². The summed E-state index contributed by atoms with van der Waals surface area (Å²) < 4.78 is 27.1. The molecular formula is C14H10Cl2F2O. The first kappa shape index (κ1) is 14.3. The van der Waals surface area contributed by atoms with Crippen molar-refractivity contribution in [2.75, 3.05) is 0 Å². The fourth-order valence-corrected chi connectivity index (χ4v) is 2.11. The molecule has 0 spiro atoms. The van der Waals surface area contributed by atoms with E-state index in [4.69, 9.17) is 23.2 Å². The largest absolute Gasteiger partial charge is 0.388 e. The summed E-state index contributed by atoms with van der Waals surface area (Å²) in [6.07, 6.45) is -1.23. The number of rotatable bonds is 3. The highest BCUT2D eigenvalue weighted by Gasteiger charge is 2.16. The summed E-state index contributed by atoms with van der Waals surface area (Å²) in [5.41, 5.74) is 0.304. The molecule has 1 unspecified atom stereocenters. The maximum absolute atomic E-state index is 13.6. The van der Waals surface area contributed by atoms with E-state index in [-0.39, 0.29) is 22.6 Å². The maximum Gasteiger partial charge on any atom is 0.129 e. The Labute approximate surface area is 119 Å². The Morgan fingerprint density at radius 1 is 0.947 bits per heavy atom. The maximum atomic E-state index is 13.6. The second-order valence-corrected chi connectivity index (χ2v) is 4.99. The molecule has 19 heavy (non-hydrogen) atoms. The van der Waals surface area contributed by atoms with Crippen molar-refractivity contribution in [2.24, 2.45) is 0 Å². The number of aliphatic hydroxyl groups excluding tert-OH is 1. The van der Waals surface area contributed by atoms with Crippen LogP contribution in [0.4, 0.5) is 8.78 Å². The Morgan fingerprint density at radius 2 is 1.58 bits per heavy atom. The van der Waals surface area contributed by atoms with E-state index < -0.39 is 17.7 Å². The molecule has 0 fully saturated rings. The molecule has 5 heteroatoms. The van der Waals surface area contributed by atoms with Gasteiger partial charge in [0.1, 0.15) is 11.6 Å². The van der Waals surface area contributed by atoms with Crippen LogP contribution in [0, 0.1) is 11.6 Å². The lowest BCUT2D eigenvalue weighted by Gasteiger charge is -2.13. The molecule has 1 N–H and O–H groups in total. The van der Waals surface area contributed by atoms with Gasteiger partial charge in [0.05, 0.1) is 6.10 Å². The molecule has 0 aromatic heterocycles. The third-order valence-electron chi connectivity index (χ3n) is 2.75. The van der Waals surface area contributed by atoms with E-state index in [1.54, 1.807) is 0 Å². The van der Waals surface area contributed by atoms with Gasteiger partial charge in [0.25, 0.3) is 0 Å². The van der Waals surface area contributed by atoms with Crippen molar-refractivity contribution in [1.29, 1.82) is 0 Å². The van der Waals surface area contributed by atoms with E-state index in [0.29, 0.717) is 5.02 Å². The van der Waals surface area contributed by atoms with E-state index >= 15 is 0 Å². The predicted molar refractivity (Wildman–Crippen MR) is 71.5 cm³/mol. The van der Waals surface area contributed by atoms with Crippen LogP contribution in [-0.2, 0) is 6.42 Å². The van der Waals surface area contributed by atoms with Gasteiger partial charge in [-0.15, -0.1) is 0 Å². The van der Waals surface area contributed by atoms with Crippen LogP contribution in [0.3, 0.4) is 0 Å². The van der Waals surface area contributed by atoms with Gasteiger partial charge in [0.15, 0.2) is 0 Å². The minimum absolute atomic E-state index is 0.0434. The molecule has 2 aromatic carbocycles. The van der Waals surface area contributed by atoms with Crippen molar-refractivity contribution >= 4 is 23.2 Å². The molecule has 0 bridgehead atoms. The summed E-state index contributed by atoms with van der Waals surface area (Å²) >= 11 is 11.4. The first-order valence-electron chi connectivity index (χ1n) is 5.54. The summed E-state index contributed by atoms with van der Waals surface area (Å²) in [4.78, 5) is 0. The molecular weight excluding hydrogens is 293 g/mol. The van der Waals surface area contributed by atoms with Gasteiger partial charge in [0, 0.05) is 22.0 Å². The number of aliphatic hydroxyl groups is 1. The molecule has 2 rings (SSSR count). The summed E-state index contributed by atoms with van der Waals surface area (Å²) in [5.74, 6) is -1.11. The smallest absolute Gasteiger partial charge is 0.129 e. The third kappa shape index (κ3) is 3.44. The molecule has 0 saturated carbocycles. The zero-order valence-electron chi connectivity index (χ0n) is 9.71. The zero-order chi connectivity index (χ0) is 14.0. The Morgan fingerprint density at radius 3 is 2.26 bits per heavy atom. The minimum Gasteiger partial charge on any atom is -0.388 e. The quantitative estimate of drug-likeness (QED) is 0.882. The number of hydrogen-bond donors (Lipinski definition) is 1. The number of halogens is 4. The van der Waals surface area contributed by atoms with Crippen LogP contribution in [0.1, 0.15) is 17.2 Å². The monoisotopic (exact) mass is 302 g/mol. The van der Waals surface area contributed by atoms with Crippen molar-refractivity contribution in [3.8, 4) is 0 Å². The molecule has 1 atom stereocenters. The molecule has 0 aliphatic carbocycles. The third-order valence-corrected chi connectivity index (χ3v) is 3.22. The summed E-state index contributed by atoms with van der Waals surface area (Å²) in [6.45, 7) is 0. The number of hydrogen-bond acceptors (Lipinski definition) is 1. The molecule has 1 nitrogen and oxygen atoms in total. The van der Waals surface area contributed by atoms with Crippen molar-refractivity contribution in [3.63, 3.8) is 0 Å². The van der Waals surface area contributed by atoms with Gasteiger partial charge in [-0.25, -0.2) is 8.78 Å². The van der Waals surface area contributed by atoms with Crippen LogP contribution < -0.4 is 0 Å². The van der Waals surface area contributed by atoms with Crippen LogP contribution in [0.2, 0.25) is 10.0 Å². The molecule has 0 saturated heterocycles. The normalized spacial score (nSPS) is 12.5. The van der Waals surface area contributed by atoms with Gasteiger partial charge in [-0.2, -0.15) is 0 Å². The van der Waals surface area contributed by atoms with E-state index in [2.05, 4.69) is 0 Å². The van der Waals surface area contributed by atoms with Crippen LogP contribution in [0.5, 0.6) is 0 Å². The standard InChI is InChI=1S/C14H10Cl2F2O/c15-9-3-4-12(17)11(6-9)14(19)5-8-1-2-10(16)7-13(8)18/h1-4,6-7,14,19H,5H2. The molecule has 0 aliphatic rings. The first-order valence-corrected chi connectivity index (χ1v) is 6.30. The molecule has 0 aliphatic heterocycles. The average Bonchev–Trinajstić information content (AvgIpc) is 2.35. The predicted octanol–water partition coefficient (Wildman–Crippen LogP) is 4.55. The fraction of sp³-hybridized carbons (Fsp3) is 0.143. The Kier molecular flexibility index (Phi) is 4.40. The first-order chi connectivity index (χ1) is 8.97. The van der Waals surface area contributed by atoms with Crippen LogP contribution in [0.15, 0.2) is 36.4 Å². The average molecular weight is 303 g/mol. The van der Waals surface area contributed by atoms with Crippen molar-refractivity contribution < 1.29 is 13.9 Å². The lowest BCUT2D eigenvalue weighted by Crippen LogP contribution is -2.06. The Hall–Kier alpha value is -1.16. The summed E-state index contributed by atoms with van der Waals surface area (Å²) in [6, 6.07) is 8.01. The van der Waals surface area contributed by atoms with Gasteiger partial charge in [-0.05, 0) is 35.9 Å². The van der Waals surface area contributed by atoms with Gasteiger partial charge >= 0.3 is 0 Å². The van der Waals surface area contributed by atoms with Crippen molar-refractivity contribution in [3.05, 3.63) is 69.2 Å². The Bertz CT molecular complexity index is 602. The minimum atomic E-state index is -1.17. The highest BCUT2D eigenvalue weighted by atomic mass is 35.5. The molecule has 0 radical (unpaired) electrons. The van der Waals surface area contributed by atoms with Crippen molar-refractivity contribution in [1.82, 2.24) is 0 Å². The lowest BCUT2D eigenvalue weighted by atomic mass is 10.0. The van der Waals surface area contributed by atoms with Crippen LogP contribution in [-0.4, -0.2) is 5.11 Å². The van der Waals surface area contributed by atoms with Crippen LogP contribution >= 0.6 is 23.2 Å². The fourth-order valence-electron chi connectivity index (χ4n) is 1.78. The highest BCUT2D eigenvalue weighted by molar-refractivity contribution is 6.30. The Balaban J connectivity index is 2.25. The topological polar surface area (TPSA) is 20.2 Å². The number of benzene rings is 2. The molecule has 0 amide bonds. The van der Waals surface area contributed by atoms with Crippen molar-refractivity contribution in [2.45, 2.75) is 12.5 Å².